The van der Waals surface area contributed by atoms with Crippen LogP contribution in [0.4, 0.5) is 13.2 Å². The first kappa shape index (κ1) is 24.1. The zero-order chi connectivity index (χ0) is 24.2. The molecule has 6 nitrogen and oxygen atoms in total. The molecule has 172 valence electrons. The third-order valence-electron chi connectivity index (χ3n) is 4.56. The number of carboxylic acid groups (broad SMARTS) is 1. The minimum Gasteiger partial charge on any atom is -0.479 e. The van der Waals surface area contributed by atoms with Gasteiger partial charge in [-0.15, -0.1) is 0 Å². The lowest BCUT2D eigenvalue weighted by Crippen LogP contribution is -2.22. The molecule has 0 saturated carbocycles. The summed E-state index contributed by atoms with van der Waals surface area (Å²) in [6.07, 6.45) is 0.886. The highest BCUT2D eigenvalue weighted by Gasteiger charge is 2.30. The summed E-state index contributed by atoms with van der Waals surface area (Å²) in [6.45, 7) is 1.64. The summed E-state index contributed by atoms with van der Waals surface area (Å²) < 4.78 is 45.1. The molecular weight excluding hydrogens is 461 g/mol. The van der Waals surface area contributed by atoms with Crippen molar-refractivity contribution in [3.8, 4) is 5.75 Å². The summed E-state index contributed by atoms with van der Waals surface area (Å²) in [5.41, 5.74) is -0.109. The van der Waals surface area contributed by atoms with Crippen molar-refractivity contribution in [2.45, 2.75) is 25.7 Å². The molecule has 1 atom stereocenters. The van der Waals surface area contributed by atoms with E-state index >= 15 is 0 Å². The normalized spacial score (nSPS) is 12.6. The Bertz CT molecular complexity index is 1190. The van der Waals surface area contributed by atoms with Crippen LogP contribution in [-0.4, -0.2) is 32.5 Å². The van der Waals surface area contributed by atoms with Gasteiger partial charge in [-0.05, 0) is 42.8 Å². The zero-order valence-electron chi connectivity index (χ0n) is 17.2. The monoisotopic (exact) mass is 478 g/mol. The zero-order valence-corrected chi connectivity index (χ0v) is 18.0. The van der Waals surface area contributed by atoms with E-state index in [4.69, 9.17) is 21.4 Å². The van der Waals surface area contributed by atoms with Crippen molar-refractivity contribution in [1.82, 2.24) is 9.55 Å². The molecule has 0 aliphatic carbocycles. The Balaban J connectivity index is 1.73. The van der Waals surface area contributed by atoms with Crippen LogP contribution in [0.1, 0.15) is 34.2 Å². The summed E-state index contributed by atoms with van der Waals surface area (Å²) in [5.74, 6) is -1.26. The fraction of sp³-hybridized carbons (Fsp3) is 0.174. The standard InChI is InChI=1S/C23H18ClF3N2O4/c1-14(22(31)32)33-19-12-15(11-18(24)13-19)3-2-9-29-10-8-28-21(29)20(30)16-4-6-17(7-5-16)23(25,26)27/h2-8,10-14H,9H2,1H3,(H,31,32)/b3-2+/t14-/m0/s1. The van der Waals surface area contributed by atoms with Crippen molar-refractivity contribution in [3.63, 3.8) is 0 Å². The number of imidazole rings is 1. The lowest BCUT2D eigenvalue weighted by Gasteiger charge is -2.11. The van der Waals surface area contributed by atoms with E-state index in [2.05, 4.69) is 4.98 Å². The maximum Gasteiger partial charge on any atom is 0.416 e. The Morgan fingerprint density at radius 1 is 1.21 bits per heavy atom. The van der Waals surface area contributed by atoms with Crippen molar-refractivity contribution >= 4 is 29.4 Å². The van der Waals surface area contributed by atoms with E-state index in [1.54, 1.807) is 35.0 Å². The van der Waals surface area contributed by atoms with Crippen molar-refractivity contribution in [1.29, 1.82) is 0 Å². The molecule has 3 aromatic rings. The highest BCUT2D eigenvalue weighted by atomic mass is 35.5. The number of alkyl halides is 3. The number of allylic oxidation sites excluding steroid dienone is 1. The average Bonchev–Trinajstić information content (AvgIpc) is 3.20. The SMILES string of the molecule is C[C@H](Oc1cc(Cl)cc(/C=C/Cn2ccnc2C(=O)c2ccc(C(F)(F)F)cc2)c1)C(=O)O. The van der Waals surface area contributed by atoms with Crippen LogP contribution in [0.25, 0.3) is 6.08 Å². The minimum atomic E-state index is -4.48. The number of carbonyl (C=O) groups is 2. The first-order valence-electron chi connectivity index (χ1n) is 9.64. The number of rotatable bonds is 8. The highest BCUT2D eigenvalue weighted by Crippen LogP contribution is 2.29. The molecule has 3 rings (SSSR count). The number of ketones is 1. The van der Waals surface area contributed by atoms with Crippen molar-refractivity contribution in [3.05, 3.63) is 88.5 Å². The summed E-state index contributed by atoms with van der Waals surface area (Å²) in [6, 6.07) is 8.70. The number of ether oxygens (including phenoxy) is 1. The summed E-state index contributed by atoms with van der Waals surface area (Å²) in [5, 5.41) is 9.33. The second kappa shape index (κ2) is 9.91. The molecule has 0 unspecified atom stereocenters. The number of benzene rings is 2. The lowest BCUT2D eigenvalue weighted by molar-refractivity contribution is -0.144. The van der Waals surface area contributed by atoms with Crippen molar-refractivity contribution in [2.24, 2.45) is 0 Å². The number of carboxylic acids is 1. The molecule has 0 saturated heterocycles. The fourth-order valence-electron chi connectivity index (χ4n) is 2.91. The molecule has 0 radical (unpaired) electrons. The van der Waals surface area contributed by atoms with Gasteiger partial charge in [0.1, 0.15) is 5.75 Å². The van der Waals surface area contributed by atoms with E-state index in [9.17, 15) is 22.8 Å². The fourth-order valence-corrected chi connectivity index (χ4v) is 3.14. The van der Waals surface area contributed by atoms with E-state index in [0.717, 1.165) is 24.3 Å². The van der Waals surface area contributed by atoms with Gasteiger partial charge in [0.25, 0.3) is 0 Å². The first-order chi connectivity index (χ1) is 15.5. The Morgan fingerprint density at radius 3 is 2.55 bits per heavy atom. The van der Waals surface area contributed by atoms with Crippen LogP contribution in [0.2, 0.25) is 5.02 Å². The van der Waals surface area contributed by atoms with Gasteiger partial charge in [-0.25, -0.2) is 9.78 Å². The minimum absolute atomic E-state index is 0.0739. The summed E-state index contributed by atoms with van der Waals surface area (Å²) in [7, 11) is 0. The predicted molar refractivity (Wildman–Crippen MR) is 115 cm³/mol. The van der Waals surface area contributed by atoms with Gasteiger partial charge in [0.15, 0.2) is 11.9 Å². The van der Waals surface area contributed by atoms with Crippen LogP contribution in [0.15, 0.2) is 60.9 Å². The van der Waals surface area contributed by atoms with Gasteiger partial charge in [0.2, 0.25) is 5.78 Å². The quantitative estimate of drug-likeness (QED) is 0.441. The smallest absolute Gasteiger partial charge is 0.416 e. The molecule has 10 heteroatoms. The van der Waals surface area contributed by atoms with Crippen LogP contribution in [0.3, 0.4) is 0 Å². The van der Waals surface area contributed by atoms with Crippen LogP contribution >= 0.6 is 11.6 Å². The van der Waals surface area contributed by atoms with E-state index in [-0.39, 0.29) is 23.7 Å². The molecule has 0 spiro atoms. The maximum absolute atomic E-state index is 12.7. The number of hydrogen-bond acceptors (Lipinski definition) is 4. The number of halogens is 4. The Kier molecular flexibility index (Phi) is 7.23. The van der Waals surface area contributed by atoms with Crippen molar-refractivity contribution < 1.29 is 32.6 Å². The Hall–Kier alpha value is -3.59. The van der Waals surface area contributed by atoms with Crippen molar-refractivity contribution in [2.75, 3.05) is 0 Å². The molecule has 0 aliphatic heterocycles. The number of nitrogens with zero attached hydrogens (tertiary/aromatic N) is 2. The van der Waals surface area contributed by atoms with Gasteiger partial charge < -0.3 is 14.4 Å². The van der Waals surface area contributed by atoms with E-state index in [1.165, 1.54) is 19.2 Å². The second-order valence-electron chi connectivity index (χ2n) is 7.03. The van der Waals surface area contributed by atoms with Crippen LogP contribution < -0.4 is 4.74 Å². The van der Waals surface area contributed by atoms with Crippen LogP contribution in [0.5, 0.6) is 5.75 Å². The average molecular weight is 479 g/mol. The van der Waals surface area contributed by atoms with Crippen LogP contribution in [0, 0.1) is 0 Å². The van der Waals surface area contributed by atoms with E-state index < -0.39 is 29.6 Å². The van der Waals surface area contributed by atoms with E-state index in [1.807, 2.05) is 0 Å². The molecule has 33 heavy (non-hydrogen) atoms. The molecule has 0 fully saturated rings. The highest BCUT2D eigenvalue weighted by molar-refractivity contribution is 6.30. The van der Waals surface area contributed by atoms with Gasteiger partial charge in [0, 0.05) is 29.5 Å². The lowest BCUT2D eigenvalue weighted by atomic mass is 10.1. The van der Waals surface area contributed by atoms with E-state index in [0.29, 0.717) is 10.6 Å². The number of hydrogen-bond donors (Lipinski definition) is 1. The number of aromatic nitrogens is 2. The molecule has 0 amide bonds. The number of carbonyl (C=O) groups excluding carboxylic acids is 1. The predicted octanol–water partition coefficient (Wildman–Crippen LogP) is 5.35. The van der Waals surface area contributed by atoms with Crippen LogP contribution in [-0.2, 0) is 17.5 Å². The third-order valence-corrected chi connectivity index (χ3v) is 4.78. The van der Waals surface area contributed by atoms with Gasteiger partial charge in [0.05, 0.1) is 5.56 Å². The number of aliphatic carboxylic acids is 1. The summed E-state index contributed by atoms with van der Waals surface area (Å²) in [4.78, 5) is 27.7. The molecule has 1 N–H and O–H groups in total. The second-order valence-corrected chi connectivity index (χ2v) is 7.46. The van der Waals surface area contributed by atoms with Gasteiger partial charge in [-0.2, -0.15) is 13.2 Å². The largest absolute Gasteiger partial charge is 0.479 e. The van der Waals surface area contributed by atoms with Gasteiger partial charge >= 0.3 is 12.1 Å². The molecule has 1 heterocycles. The molecule has 0 bridgehead atoms. The first-order valence-corrected chi connectivity index (χ1v) is 10.0. The van der Waals surface area contributed by atoms with Gasteiger partial charge in [-0.1, -0.05) is 35.9 Å². The third kappa shape index (κ3) is 6.23. The Morgan fingerprint density at radius 2 is 1.91 bits per heavy atom. The molecule has 2 aromatic carbocycles. The maximum atomic E-state index is 12.7. The summed E-state index contributed by atoms with van der Waals surface area (Å²) >= 11 is 6.07. The molecular formula is C23H18ClF3N2O4. The Labute approximate surface area is 191 Å². The molecule has 1 aromatic heterocycles. The van der Waals surface area contributed by atoms with Gasteiger partial charge in [-0.3, -0.25) is 4.79 Å². The topological polar surface area (TPSA) is 81.4 Å². The molecule has 0 aliphatic rings.